The molecule has 2 aliphatic rings. The molecule has 1 aliphatic heterocycles. The van der Waals surface area contributed by atoms with Crippen LogP contribution in [0.5, 0.6) is 0 Å². The highest BCUT2D eigenvalue weighted by Crippen LogP contribution is 2.45. The summed E-state index contributed by atoms with van der Waals surface area (Å²) < 4.78 is 12.5. The van der Waals surface area contributed by atoms with Crippen LogP contribution in [-0.2, 0) is 9.59 Å². The molecule has 0 aromatic heterocycles. The van der Waals surface area contributed by atoms with E-state index in [1.54, 1.807) is 4.90 Å². The van der Waals surface area contributed by atoms with E-state index in [1.807, 2.05) is 20.8 Å². The maximum Gasteiger partial charge on any atom is 0.246 e. The fraction of sp³-hybridized carbons (Fsp3) is 0.857. The zero-order valence-corrected chi connectivity index (χ0v) is 11.9. The number of piperazine rings is 1. The summed E-state index contributed by atoms with van der Waals surface area (Å²) in [7, 11) is 0. The number of alkyl halides is 1. The summed E-state index contributed by atoms with van der Waals surface area (Å²) in [6.07, 6.45) is 2.23. The van der Waals surface area contributed by atoms with Crippen molar-refractivity contribution in [2.45, 2.75) is 51.6 Å². The molecule has 0 spiro atoms. The van der Waals surface area contributed by atoms with Gasteiger partial charge in [0.15, 0.2) is 0 Å². The van der Waals surface area contributed by atoms with Crippen molar-refractivity contribution < 1.29 is 14.0 Å². The molecule has 1 saturated heterocycles. The monoisotopic (exact) mass is 270 g/mol. The number of hydrogen-bond acceptors (Lipinski definition) is 2. The average molecular weight is 270 g/mol. The van der Waals surface area contributed by atoms with Crippen molar-refractivity contribution in [2.24, 2.45) is 11.8 Å². The van der Waals surface area contributed by atoms with E-state index in [9.17, 15) is 14.0 Å². The lowest BCUT2D eigenvalue weighted by Crippen LogP contribution is -2.71. The largest absolute Gasteiger partial charge is 0.342 e. The van der Waals surface area contributed by atoms with Crippen LogP contribution in [0.15, 0.2) is 0 Å². The summed E-state index contributed by atoms with van der Waals surface area (Å²) in [6, 6.07) is -0.473. The first-order chi connectivity index (χ1) is 8.92. The van der Waals surface area contributed by atoms with Gasteiger partial charge in [0, 0.05) is 6.54 Å². The van der Waals surface area contributed by atoms with Crippen molar-refractivity contribution in [3.8, 4) is 0 Å². The molecule has 0 aromatic rings. The third kappa shape index (κ3) is 2.35. The van der Waals surface area contributed by atoms with Gasteiger partial charge in [-0.1, -0.05) is 13.8 Å². The Balaban J connectivity index is 2.27. The van der Waals surface area contributed by atoms with Gasteiger partial charge in [0.2, 0.25) is 11.8 Å². The van der Waals surface area contributed by atoms with Gasteiger partial charge in [-0.25, -0.2) is 0 Å². The predicted octanol–water partition coefficient (Wildman–Crippen LogP) is 1.50. The van der Waals surface area contributed by atoms with Crippen LogP contribution >= 0.6 is 0 Å². The smallest absolute Gasteiger partial charge is 0.246 e. The number of carbonyl (C=O) groups is 2. The Labute approximate surface area is 113 Å². The summed E-state index contributed by atoms with van der Waals surface area (Å²) in [5, 5.41) is 2.86. The van der Waals surface area contributed by atoms with E-state index >= 15 is 0 Å². The van der Waals surface area contributed by atoms with Crippen LogP contribution in [0.2, 0.25) is 0 Å². The van der Waals surface area contributed by atoms with Gasteiger partial charge in [0.05, 0.1) is 6.67 Å². The Bertz CT molecular complexity index is 382. The highest BCUT2D eigenvalue weighted by atomic mass is 19.1. The highest BCUT2D eigenvalue weighted by molar-refractivity contribution is 6.00. The molecule has 2 amide bonds. The Hall–Kier alpha value is -1.13. The van der Waals surface area contributed by atoms with Gasteiger partial charge in [0.25, 0.3) is 0 Å². The van der Waals surface area contributed by atoms with Gasteiger partial charge >= 0.3 is 0 Å². The third-order valence-electron chi connectivity index (χ3n) is 4.39. The van der Waals surface area contributed by atoms with Crippen LogP contribution in [0.4, 0.5) is 4.39 Å². The minimum Gasteiger partial charge on any atom is -0.342 e. The van der Waals surface area contributed by atoms with Gasteiger partial charge in [-0.05, 0) is 38.0 Å². The van der Waals surface area contributed by atoms with Crippen molar-refractivity contribution >= 4 is 11.8 Å². The summed E-state index contributed by atoms with van der Waals surface area (Å²) in [4.78, 5) is 26.6. The molecule has 108 valence electrons. The standard InChI is InChI=1S/C14H23FN2O2/c1-9(2)11-12(18)17(8-4-7-15)14(3,10-5-6-10)13(19)16-11/h9-11H,4-8H2,1-3H3,(H,16,19). The maximum absolute atomic E-state index is 12.6. The molecule has 19 heavy (non-hydrogen) atoms. The molecule has 1 aliphatic carbocycles. The Morgan fingerprint density at radius 1 is 1.42 bits per heavy atom. The number of carbonyl (C=O) groups excluding carboxylic acids is 2. The molecule has 0 bridgehead atoms. The van der Waals surface area contributed by atoms with Crippen LogP contribution in [-0.4, -0.2) is 41.5 Å². The second kappa shape index (κ2) is 5.10. The molecule has 1 heterocycles. The van der Waals surface area contributed by atoms with Gasteiger partial charge in [-0.3, -0.25) is 14.0 Å². The lowest BCUT2D eigenvalue weighted by atomic mass is 9.85. The number of rotatable bonds is 5. The quantitative estimate of drug-likeness (QED) is 0.823. The molecule has 2 fully saturated rings. The number of hydrogen-bond donors (Lipinski definition) is 1. The fourth-order valence-corrected chi connectivity index (χ4v) is 2.93. The molecule has 5 heteroatoms. The average Bonchev–Trinajstić information content (AvgIpc) is 3.17. The SMILES string of the molecule is CC(C)C1NC(=O)C(C)(C2CC2)N(CCCF)C1=O. The number of nitrogens with zero attached hydrogens (tertiary/aromatic N) is 1. The second-order valence-electron chi connectivity index (χ2n) is 6.15. The first-order valence-electron chi connectivity index (χ1n) is 7.11. The summed E-state index contributed by atoms with van der Waals surface area (Å²) in [6.45, 7) is 5.52. The van der Waals surface area contributed by atoms with Crippen LogP contribution in [0.1, 0.15) is 40.0 Å². The Kier molecular flexibility index (Phi) is 3.83. The molecule has 1 saturated carbocycles. The fourth-order valence-electron chi connectivity index (χ4n) is 2.93. The highest BCUT2D eigenvalue weighted by Gasteiger charge is 2.57. The Morgan fingerprint density at radius 2 is 2.05 bits per heavy atom. The molecule has 2 rings (SSSR count). The van der Waals surface area contributed by atoms with Crippen molar-refractivity contribution in [1.29, 1.82) is 0 Å². The number of amides is 2. The molecule has 1 N–H and O–H groups in total. The summed E-state index contributed by atoms with van der Waals surface area (Å²) in [5.41, 5.74) is -0.780. The van der Waals surface area contributed by atoms with E-state index in [1.165, 1.54) is 0 Å². The summed E-state index contributed by atoms with van der Waals surface area (Å²) >= 11 is 0. The number of halogens is 1. The van der Waals surface area contributed by atoms with E-state index in [2.05, 4.69) is 5.32 Å². The van der Waals surface area contributed by atoms with Crippen LogP contribution in [0.3, 0.4) is 0 Å². The Morgan fingerprint density at radius 3 is 2.53 bits per heavy atom. The van der Waals surface area contributed by atoms with E-state index in [-0.39, 0.29) is 23.7 Å². The third-order valence-corrected chi connectivity index (χ3v) is 4.39. The minimum atomic E-state index is -0.780. The topological polar surface area (TPSA) is 49.4 Å². The summed E-state index contributed by atoms with van der Waals surface area (Å²) in [5.74, 6) is 0.141. The van der Waals surface area contributed by atoms with Crippen molar-refractivity contribution in [3.05, 3.63) is 0 Å². The first-order valence-corrected chi connectivity index (χ1v) is 7.11. The van der Waals surface area contributed by atoms with Gasteiger partial charge < -0.3 is 10.2 Å². The normalized spacial score (nSPS) is 31.8. The molecule has 4 nitrogen and oxygen atoms in total. The van der Waals surface area contributed by atoms with Crippen LogP contribution in [0.25, 0.3) is 0 Å². The van der Waals surface area contributed by atoms with E-state index < -0.39 is 18.3 Å². The molecule has 2 atom stereocenters. The van der Waals surface area contributed by atoms with Crippen LogP contribution in [0, 0.1) is 11.8 Å². The van der Waals surface area contributed by atoms with Crippen molar-refractivity contribution in [3.63, 3.8) is 0 Å². The zero-order valence-electron chi connectivity index (χ0n) is 11.9. The van der Waals surface area contributed by atoms with Crippen LogP contribution < -0.4 is 5.32 Å². The van der Waals surface area contributed by atoms with Gasteiger partial charge in [-0.2, -0.15) is 0 Å². The molecule has 0 aromatic carbocycles. The second-order valence-corrected chi connectivity index (χ2v) is 6.15. The van der Waals surface area contributed by atoms with Gasteiger partial charge in [-0.15, -0.1) is 0 Å². The minimum absolute atomic E-state index is 0.0491. The van der Waals surface area contributed by atoms with E-state index in [0.717, 1.165) is 12.8 Å². The van der Waals surface area contributed by atoms with Crippen molar-refractivity contribution in [2.75, 3.05) is 13.2 Å². The molecular weight excluding hydrogens is 247 g/mol. The first kappa shape index (κ1) is 14.3. The zero-order chi connectivity index (χ0) is 14.2. The molecular formula is C14H23FN2O2. The number of nitrogens with one attached hydrogen (secondary N) is 1. The molecule has 0 radical (unpaired) electrons. The van der Waals surface area contributed by atoms with Crippen molar-refractivity contribution in [1.82, 2.24) is 10.2 Å². The maximum atomic E-state index is 12.6. The predicted molar refractivity (Wildman–Crippen MR) is 70.2 cm³/mol. The van der Waals surface area contributed by atoms with E-state index in [4.69, 9.17) is 0 Å². The lowest BCUT2D eigenvalue weighted by molar-refractivity contribution is -0.159. The van der Waals surface area contributed by atoms with E-state index in [0.29, 0.717) is 13.0 Å². The lowest BCUT2D eigenvalue weighted by Gasteiger charge is -2.47. The molecule has 2 unspecified atom stereocenters. The van der Waals surface area contributed by atoms with Gasteiger partial charge in [0.1, 0.15) is 11.6 Å².